The third-order valence-electron chi connectivity index (χ3n) is 6.29. The van der Waals surface area contributed by atoms with Crippen LogP contribution in [-0.4, -0.2) is 38.1 Å². The van der Waals surface area contributed by atoms with E-state index < -0.39 is 0 Å². The standard InChI is InChI=1S/C27H40N2O2S/c1-18(2)20(5)28-13-8-7-10-22(26-11-9-15-32-26)27-23-17-25(31-19(3)4)24(30-6)16-21(23)12-14-29-27/h9,11,15-20,22,28H,7-8,10,12-14H2,1-6H3. The van der Waals surface area contributed by atoms with Gasteiger partial charge in [-0.1, -0.05) is 26.3 Å². The predicted octanol–water partition coefficient (Wildman–Crippen LogP) is 6.48. The van der Waals surface area contributed by atoms with Crippen LogP contribution in [0.15, 0.2) is 34.6 Å². The van der Waals surface area contributed by atoms with E-state index in [2.05, 4.69) is 69.6 Å². The van der Waals surface area contributed by atoms with Gasteiger partial charge in [-0.05, 0) is 81.6 Å². The van der Waals surface area contributed by atoms with Crippen molar-refractivity contribution >= 4 is 17.0 Å². The molecule has 32 heavy (non-hydrogen) atoms. The maximum Gasteiger partial charge on any atom is 0.162 e. The van der Waals surface area contributed by atoms with E-state index in [9.17, 15) is 0 Å². The molecule has 5 heteroatoms. The van der Waals surface area contributed by atoms with Gasteiger partial charge in [-0.25, -0.2) is 0 Å². The molecule has 0 bridgehead atoms. The minimum absolute atomic E-state index is 0.0970. The van der Waals surface area contributed by atoms with Crippen molar-refractivity contribution in [3.63, 3.8) is 0 Å². The Bertz CT molecular complexity index is 874. The number of rotatable bonds is 12. The van der Waals surface area contributed by atoms with Crippen LogP contribution in [0.1, 0.15) is 75.8 Å². The summed E-state index contributed by atoms with van der Waals surface area (Å²) in [6.45, 7) is 12.8. The molecule has 0 radical (unpaired) electrons. The summed E-state index contributed by atoms with van der Waals surface area (Å²) in [6.07, 6.45) is 4.53. The van der Waals surface area contributed by atoms with Crippen molar-refractivity contribution in [1.82, 2.24) is 5.32 Å². The zero-order valence-corrected chi connectivity index (χ0v) is 21.4. The summed E-state index contributed by atoms with van der Waals surface area (Å²) in [5, 5.41) is 5.85. The lowest BCUT2D eigenvalue weighted by atomic mass is 9.85. The molecule has 0 amide bonds. The van der Waals surface area contributed by atoms with Gasteiger partial charge >= 0.3 is 0 Å². The van der Waals surface area contributed by atoms with Gasteiger partial charge in [0.25, 0.3) is 0 Å². The van der Waals surface area contributed by atoms with Crippen molar-refractivity contribution in [2.45, 2.75) is 78.4 Å². The van der Waals surface area contributed by atoms with Crippen LogP contribution in [0.25, 0.3) is 0 Å². The Morgan fingerprint density at radius 1 is 1.09 bits per heavy atom. The fraction of sp³-hybridized carbons (Fsp3) is 0.593. The lowest BCUT2D eigenvalue weighted by molar-refractivity contribution is 0.230. The van der Waals surface area contributed by atoms with E-state index in [0.717, 1.165) is 37.4 Å². The molecule has 1 aromatic carbocycles. The molecular formula is C27H40N2O2S. The lowest BCUT2D eigenvalue weighted by Gasteiger charge is -2.26. The third-order valence-corrected chi connectivity index (χ3v) is 7.28. The van der Waals surface area contributed by atoms with Crippen molar-refractivity contribution in [1.29, 1.82) is 0 Å². The van der Waals surface area contributed by atoms with Crippen LogP contribution in [0.3, 0.4) is 0 Å². The molecule has 1 aliphatic heterocycles. The number of benzene rings is 1. The molecule has 0 saturated heterocycles. The maximum absolute atomic E-state index is 6.09. The summed E-state index contributed by atoms with van der Waals surface area (Å²) in [7, 11) is 1.72. The number of unbranched alkanes of at least 4 members (excludes halogenated alkanes) is 1. The minimum Gasteiger partial charge on any atom is -0.493 e. The van der Waals surface area contributed by atoms with E-state index in [1.165, 1.54) is 34.6 Å². The van der Waals surface area contributed by atoms with E-state index in [-0.39, 0.29) is 6.10 Å². The molecule has 0 fully saturated rings. The first-order valence-corrected chi connectivity index (χ1v) is 13.0. The summed E-state index contributed by atoms with van der Waals surface area (Å²) in [5.74, 6) is 2.63. The van der Waals surface area contributed by atoms with Crippen LogP contribution in [0.2, 0.25) is 0 Å². The molecule has 2 heterocycles. The Labute approximate surface area is 198 Å². The monoisotopic (exact) mass is 456 g/mol. The molecule has 3 rings (SSSR count). The van der Waals surface area contributed by atoms with E-state index >= 15 is 0 Å². The summed E-state index contributed by atoms with van der Waals surface area (Å²) < 4.78 is 11.7. The van der Waals surface area contributed by atoms with Crippen LogP contribution in [0, 0.1) is 5.92 Å². The number of hydrogen-bond donors (Lipinski definition) is 1. The number of nitrogens with zero attached hydrogens (tertiary/aromatic N) is 1. The Morgan fingerprint density at radius 3 is 2.56 bits per heavy atom. The van der Waals surface area contributed by atoms with Crippen LogP contribution in [-0.2, 0) is 6.42 Å². The van der Waals surface area contributed by atoms with Gasteiger partial charge in [0.15, 0.2) is 11.5 Å². The van der Waals surface area contributed by atoms with Gasteiger partial charge in [-0.3, -0.25) is 4.99 Å². The SMILES string of the molecule is COc1cc2c(cc1OC(C)C)C(C(CCCCNC(C)C(C)C)c1cccs1)=NCC2. The molecule has 0 aliphatic carbocycles. The highest BCUT2D eigenvalue weighted by atomic mass is 32.1. The second-order valence-corrected chi connectivity index (χ2v) is 10.4. The zero-order chi connectivity index (χ0) is 23.1. The average molecular weight is 457 g/mol. The first kappa shape index (κ1) is 24.8. The maximum atomic E-state index is 6.09. The van der Waals surface area contributed by atoms with Gasteiger partial charge < -0.3 is 14.8 Å². The third kappa shape index (κ3) is 6.35. The first-order valence-electron chi connectivity index (χ1n) is 12.1. The summed E-state index contributed by atoms with van der Waals surface area (Å²) >= 11 is 1.84. The number of hydrogen-bond acceptors (Lipinski definition) is 5. The van der Waals surface area contributed by atoms with E-state index in [4.69, 9.17) is 14.5 Å². The Kier molecular flexibility index (Phi) is 9.18. The van der Waals surface area contributed by atoms with E-state index in [1.807, 2.05) is 11.3 Å². The first-order chi connectivity index (χ1) is 15.4. The molecule has 1 aliphatic rings. The van der Waals surface area contributed by atoms with Crippen molar-refractivity contribution in [2.24, 2.45) is 10.9 Å². The Hall–Kier alpha value is -1.85. The summed E-state index contributed by atoms with van der Waals surface area (Å²) in [6, 6.07) is 9.31. The molecule has 0 saturated carbocycles. The van der Waals surface area contributed by atoms with Crippen molar-refractivity contribution in [3.05, 3.63) is 45.6 Å². The zero-order valence-electron chi connectivity index (χ0n) is 20.6. The van der Waals surface area contributed by atoms with Crippen LogP contribution >= 0.6 is 11.3 Å². The van der Waals surface area contributed by atoms with Crippen molar-refractivity contribution in [2.75, 3.05) is 20.2 Å². The van der Waals surface area contributed by atoms with Gasteiger partial charge in [0.2, 0.25) is 0 Å². The van der Waals surface area contributed by atoms with E-state index in [1.54, 1.807) is 7.11 Å². The molecule has 2 unspecified atom stereocenters. The second-order valence-electron chi connectivity index (χ2n) is 9.39. The molecule has 1 aromatic heterocycles. The second kappa shape index (κ2) is 11.9. The molecule has 176 valence electrons. The van der Waals surface area contributed by atoms with Crippen molar-refractivity contribution in [3.8, 4) is 11.5 Å². The molecular weight excluding hydrogens is 416 g/mol. The lowest BCUT2D eigenvalue weighted by Crippen LogP contribution is -2.31. The molecule has 1 N–H and O–H groups in total. The smallest absolute Gasteiger partial charge is 0.162 e. The predicted molar refractivity (Wildman–Crippen MR) is 137 cm³/mol. The molecule has 2 aromatic rings. The molecule has 2 atom stereocenters. The fourth-order valence-electron chi connectivity index (χ4n) is 4.17. The minimum atomic E-state index is 0.0970. The highest BCUT2D eigenvalue weighted by molar-refractivity contribution is 7.10. The van der Waals surface area contributed by atoms with Crippen LogP contribution in [0.4, 0.5) is 0 Å². The number of methoxy groups -OCH3 is 1. The average Bonchev–Trinajstić information content (AvgIpc) is 3.29. The largest absolute Gasteiger partial charge is 0.493 e. The number of fused-ring (bicyclic) bond motifs is 1. The summed E-state index contributed by atoms with van der Waals surface area (Å²) in [5.41, 5.74) is 3.77. The Balaban J connectivity index is 1.80. The van der Waals surface area contributed by atoms with E-state index in [0.29, 0.717) is 17.9 Å². The van der Waals surface area contributed by atoms with Gasteiger partial charge in [0.05, 0.1) is 18.9 Å². The topological polar surface area (TPSA) is 42.9 Å². The normalized spacial score (nSPS) is 15.4. The number of thiophene rings is 1. The quantitative estimate of drug-likeness (QED) is 0.372. The fourth-order valence-corrected chi connectivity index (χ4v) is 5.04. The number of ether oxygens (including phenoxy) is 2. The molecule has 4 nitrogen and oxygen atoms in total. The highest BCUT2D eigenvalue weighted by Crippen LogP contribution is 2.38. The summed E-state index contributed by atoms with van der Waals surface area (Å²) in [4.78, 5) is 6.47. The Morgan fingerprint density at radius 2 is 1.91 bits per heavy atom. The molecule has 0 spiro atoms. The van der Waals surface area contributed by atoms with Gasteiger partial charge in [-0.15, -0.1) is 11.3 Å². The number of aliphatic imine (C=N–C) groups is 1. The number of nitrogens with one attached hydrogen (secondary N) is 1. The van der Waals surface area contributed by atoms with Gasteiger partial charge in [0, 0.05) is 28.9 Å². The van der Waals surface area contributed by atoms with Crippen LogP contribution in [0.5, 0.6) is 11.5 Å². The van der Waals surface area contributed by atoms with Gasteiger partial charge in [-0.2, -0.15) is 0 Å². The van der Waals surface area contributed by atoms with Gasteiger partial charge in [0.1, 0.15) is 0 Å². The highest BCUT2D eigenvalue weighted by Gasteiger charge is 2.27. The van der Waals surface area contributed by atoms with Crippen LogP contribution < -0.4 is 14.8 Å². The van der Waals surface area contributed by atoms with Crippen molar-refractivity contribution < 1.29 is 9.47 Å².